The van der Waals surface area contributed by atoms with Gasteiger partial charge >= 0.3 is 6.18 Å². The number of carbonyl (C=O) groups is 2. The molecule has 198 valence electrons. The lowest BCUT2D eigenvalue weighted by Gasteiger charge is -2.05. The Balaban J connectivity index is 0.000000599. The van der Waals surface area contributed by atoms with E-state index in [1.54, 1.807) is 25.4 Å². The van der Waals surface area contributed by atoms with Gasteiger partial charge < -0.3 is 5.32 Å². The molecular weight excluding hydrogens is 602 g/mol. The Kier molecular flexibility index (Phi) is 9.32. The van der Waals surface area contributed by atoms with Crippen LogP contribution in [-0.2, 0) is 4.79 Å². The number of benzene rings is 1. The molecule has 4 aromatic rings. The van der Waals surface area contributed by atoms with E-state index in [2.05, 4.69) is 46.5 Å². The maximum atomic E-state index is 13.5. The van der Waals surface area contributed by atoms with Crippen molar-refractivity contribution in [1.29, 1.82) is 0 Å². The number of aldehydes is 1. The molecule has 3 N–H and O–H groups in total. The Labute approximate surface area is 222 Å². The fourth-order valence-electron chi connectivity index (χ4n) is 2.62. The van der Waals surface area contributed by atoms with Crippen molar-refractivity contribution in [1.82, 2.24) is 25.8 Å². The highest BCUT2D eigenvalue weighted by atomic mass is 79.9. The second-order valence-electron chi connectivity index (χ2n) is 6.92. The molecule has 3 heterocycles. The molecule has 0 fully saturated rings. The number of nitrogens with zero attached hydrogens (tertiary/aromatic N) is 5. The number of aryl methyl sites for hydroxylation is 1. The molecule has 1 amide bonds. The molecule has 4 rings (SSSR count). The molecule has 0 spiro atoms. The molecule has 0 atom stereocenters. The van der Waals surface area contributed by atoms with Crippen LogP contribution in [0.5, 0.6) is 0 Å². The summed E-state index contributed by atoms with van der Waals surface area (Å²) >= 11 is 4.26. The largest absolute Gasteiger partial charge is 0.446 e. The van der Waals surface area contributed by atoms with Crippen molar-refractivity contribution in [2.75, 3.05) is 5.32 Å². The zero-order valence-corrected chi connectivity index (χ0v) is 21.2. The fourth-order valence-corrected chi connectivity index (χ4v) is 3.94. The number of pyridine rings is 1. The van der Waals surface area contributed by atoms with Crippen LogP contribution in [0.25, 0.3) is 10.6 Å². The summed E-state index contributed by atoms with van der Waals surface area (Å²) in [6.07, 6.45) is -2.40. The van der Waals surface area contributed by atoms with Crippen LogP contribution in [0.3, 0.4) is 0 Å². The first kappa shape index (κ1) is 28.5. The standard InChI is InChI=1S/C19H13BrFN7O3S.C2HF3O/c1-9-15(32-19(23-9)10-3-2-6-22-8-10)18(29)25-17-14(27-31-28-17)16(26-30)24-11-4-5-13(21)12(20)7-11;3-2(4,5)1-6/h2-8,30H,1H3,(H,24,26)(H,25,28,29);1H. The summed E-state index contributed by atoms with van der Waals surface area (Å²) in [6, 6.07) is 7.62. The first-order valence-corrected chi connectivity index (χ1v) is 11.6. The summed E-state index contributed by atoms with van der Waals surface area (Å²) in [5.41, 5.74) is 3.44. The lowest BCUT2D eigenvalue weighted by atomic mass is 10.3. The molecule has 1 aromatic carbocycles. The van der Waals surface area contributed by atoms with Crippen LogP contribution in [0.1, 0.15) is 21.1 Å². The molecule has 3 aromatic heterocycles. The maximum absolute atomic E-state index is 13.5. The molecular formula is C21H14BrF4N7O4S. The monoisotopic (exact) mass is 615 g/mol. The Bertz CT molecular complexity index is 1460. The third-order valence-electron chi connectivity index (χ3n) is 4.24. The highest BCUT2D eigenvalue weighted by Crippen LogP contribution is 2.28. The number of carbonyl (C=O) groups excluding carboxylic acids is 2. The molecule has 0 saturated heterocycles. The molecule has 11 nitrogen and oxygen atoms in total. The van der Waals surface area contributed by atoms with Crippen molar-refractivity contribution in [2.45, 2.75) is 13.1 Å². The number of amidine groups is 1. The number of halogens is 5. The van der Waals surface area contributed by atoms with Gasteiger partial charge in [0.15, 0.2) is 11.5 Å². The van der Waals surface area contributed by atoms with E-state index in [-0.39, 0.29) is 21.8 Å². The third-order valence-corrected chi connectivity index (χ3v) is 6.05. The lowest BCUT2D eigenvalue weighted by Crippen LogP contribution is -2.23. The van der Waals surface area contributed by atoms with E-state index in [1.165, 1.54) is 29.5 Å². The predicted octanol–water partition coefficient (Wildman–Crippen LogP) is 4.86. The highest BCUT2D eigenvalue weighted by Gasteiger charge is 2.25. The molecule has 0 aliphatic carbocycles. The van der Waals surface area contributed by atoms with Gasteiger partial charge in [-0.1, -0.05) is 0 Å². The number of aliphatic imine (C=N–C) groups is 1. The van der Waals surface area contributed by atoms with Crippen molar-refractivity contribution in [3.8, 4) is 10.6 Å². The van der Waals surface area contributed by atoms with E-state index in [0.29, 0.717) is 21.3 Å². The SMILES string of the molecule is Cc1nc(-c2cccnc2)sc1C(=O)Nc1nonc1C(=Nc1ccc(F)c(Br)c1)NO.O=CC(F)(F)F. The first-order valence-electron chi connectivity index (χ1n) is 10.0. The van der Waals surface area contributed by atoms with Crippen LogP contribution < -0.4 is 10.8 Å². The van der Waals surface area contributed by atoms with Gasteiger partial charge in [0, 0.05) is 18.0 Å². The van der Waals surface area contributed by atoms with Crippen molar-refractivity contribution in [3.05, 3.63) is 69.3 Å². The van der Waals surface area contributed by atoms with Crippen LogP contribution >= 0.6 is 27.3 Å². The van der Waals surface area contributed by atoms with Crippen LogP contribution in [0, 0.1) is 12.7 Å². The van der Waals surface area contributed by atoms with E-state index in [1.807, 2.05) is 11.5 Å². The van der Waals surface area contributed by atoms with E-state index in [9.17, 15) is 27.6 Å². The van der Waals surface area contributed by atoms with Crippen molar-refractivity contribution < 1.29 is 37.0 Å². The Hall–Kier alpha value is -4.09. The quantitative estimate of drug-likeness (QED) is 0.0938. The van der Waals surface area contributed by atoms with E-state index >= 15 is 0 Å². The second kappa shape index (κ2) is 12.4. The third kappa shape index (κ3) is 7.46. The van der Waals surface area contributed by atoms with Gasteiger partial charge in [-0.05, 0) is 63.5 Å². The molecule has 0 unspecified atom stereocenters. The second-order valence-corrected chi connectivity index (χ2v) is 8.77. The molecule has 0 aliphatic rings. The van der Waals surface area contributed by atoms with Gasteiger partial charge in [-0.2, -0.15) is 13.2 Å². The molecule has 0 aliphatic heterocycles. The number of hydrogen-bond acceptors (Lipinski definition) is 10. The molecule has 17 heteroatoms. The minimum atomic E-state index is -4.64. The molecule has 38 heavy (non-hydrogen) atoms. The van der Waals surface area contributed by atoms with E-state index in [4.69, 9.17) is 9.42 Å². The number of nitrogens with one attached hydrogen (secondary N) is 2. The van der Waals surface area contributed by atoms with Crippen molar-refractivity contribution >= 4 is 56.8 Å². The maximum Gasteiger partial charge on any atom is 0.446 e. The summed E-state index contributed by atoms with van der Waals surface area (Å²) in [6.45, 7) is 1.71. The smallest absolute Gasteiger partial charge is 0.301 e. The Morgan fingerprint density at radius 2 is 2.00 bits per heavy atom. The molecule has 0 saturated carbocycles. The minimum absolute atomic E-state index is 0.0593. The van der Waals surface area contributed by atoms with Gasteiger partial charge in [-0.3, -0.25) is 25.3 Å². The fraction of sp³-hybridized carbons (Fsp3) is 0.0952. The summed E-state index contributed by atoms with van der Waals surface area (Å²) in [4.78, 5) is 34.5. The number of aromatic nitrogens is 4. The van der Waals surface area contributed by atoms with E-state index < -0.39 is 24.2 Å². The Morgan fingerprint density at radius 3 is 2.61 bits per heavy atom. The van der Waals surface area contributed by atoms with Crippen molar-refractivity contribution in [3.63, 3.8) is 0 Å². The number of rotatable bonds is 5. The normalized spacial score (nSPS) is 11.4. The van der Waals surface area contributed by atoms with Crippen LogP contribution in [0.2, 0.25) is 0 Å². The highest BCUT2D eigenvalue weighted by molar-refractivity contribution is 9.10. The summed E-state index contributed by atoms with van der Waals surface area (Å²) in [5, 5.41) is 20.1. The topological polar surface area (TPSA) is 155 Å². The lowest BCUT2D eigenvalue weighted by molar-refractivity contribution is -0.156. The minimum Gasteiger partial charge on any atom is -0.301 e. The summed E-state index contributed by atoms with van der Waals surface area (Å²) in [5.74, 6) is -1.21. The number of thiazole rings is 1. The Morgan fingerprint density at radius 1 is 1.26 bits per heavy atom. The van der Waals surface area contributed by atoms with Gasteiger partial charge in [-0.25, -0.2) is 19.0 Å². The first-order chi connectivity index (χ1) is 18.0. The number of anilines is 1. The number of alkyl halides is 3. The summed E-state index contributed by atoms with van der Waals surface area (Å²) in [7, 11) is 0. The predicted molar refractivity (Wildman–Crippen MR) is 130 cm³/mol. The molecule has 0 bridgehead atoms. The number of hydroxylamine groups is 1. The average Bonchev–Trinajstić information content (AvgIpc) is 3.51. The summed E-state index contributed by atoms with van der Waals surface area (Å²) < 4.78 is 49.6. The number of hydrogen-bond donors (Lipinski definition) is 3. The van der Waals surface area contributed by atoms with Gasteiger partial charge in [0.2, 0.25) is 12.1 Å². The van der Waals surface area contributed by atoms with E-state index in [0.717, 1.165) is 5.56 Å². The molecule has 0 radical (unpaired) electrons. The zero-order valence-electron chi connectivity index (χ0n) is 18.8. The van der Waals surface area contributed by atoms with Crippen LogP contribution in [0.4, 0.5) is 29.1 Å². The van der Waals surface area contributed by atoms with Gasteiger partial charge in [0.1, 0.15) is 15.7 Å². The number of amides is 1. The van der Waals surface area contributed by atoms with Gasteiger partial charge in [0.25, 0.3) is 5.91 Å². The van der Waals surface area contributed by atoms with Crippen molar-refractivity contribution in [2.24, 2.45) is 4.99 Å². The van der Waals surface area contributed by atoms with Gasteiger partial charge in [0.05, 0.1) is 15.9 Å². The van der Waals surface area contributed by atoms with Gasteiger partial charge in [-0.15, -0.1) is 11.3 Å². The zero-order chi connectivity index (χ0) is 27.9. The van der Waals surface area contributed by atoms with Crippen LogP contribution in [-0.4, -0.2) is 49.7 Å². The van der Waals surface area contributed by atoms with Crippen LogP contribution in [0.15, 0.2) is 56.8 Å². The average molecular weight is 616 g/mol.